The van der Waals surface area contributed by atoms with Crippen LogP contribution in [-0.4, -0.2) is 16.2 Å². The van der Waals surface area contributed by atoms with E-state index in [1.165, 1.54) is 12.8 Å². The highest BCUT2D eigenvalue weighted by atomic mass is 79.9. The Morgan fingerprint density at radius 2 is 2.22 bits per heavy atom. The van der Waals surface area contributed by atoms with Gasteiger partial charge < -0.3 is 5.32 Å². The van der Waals surface area contributed by atoms with Crippen LogP contribution in [0.1, 0.15) is 17.8 Å². The lowest BCUT2D eigenvalue weighted by Crippen LogP contribution is -2.14. The van der Waals surface area contributed by atoms with Crippen LogP contribution in [0, 0.1) is 0 Å². The second kappa shape index (κ2) is 5.25. The quantitative estimate of drug-likeness (QED) is 0.915. The van der Waals surface area contributed by atoms with E-state index in [0.717, 1.165) is 26.6 Å². The molecule has 1 heterocycles. The first kappa shape index (κ1) is 12.5. The third kappa shape index (κ3) is 2.91. The zero-order chi connectivity index (χ0) is 12.5. The molecular formula is C12H11BrClN3S. The van der Waals surface area contributed by atoms with E-state index in [1.54, 1.807) is 11.3 Å². The van der Waals surface area contributed by atoms with E-state index in [0.29, 0.717) is 11.1 Å². The summed E-state index contributed by atoms with van der Waals surface area (Å²) in [6.45, 7) is 0.802. The molecule has 1 aromatic carbocycles. The molecule has 18 heavy (non-hydrogen) atoms. The van der Waals surface area contributed by atoms with Gasteiger partial charge in [0.15, 0.2) is 0 Å². The van der Waals surface area contributed by atoms with Gasteiger partial charge in [-0.1, -0.05) is 38.9 Å². The number of halogens is 2. The summed E-state index contributed by atoms with van der Waals surface area (Å²) in [7, 11) is 0. The molecule has 1 fully saturated rings. The summed E-state index contributed by atoms with van der Waals surface area (Å²) in [4.78, 5) is 0. The summed E-state index contributed by atoms with van der Waals surface area (Å²) in [5.41, 5.74) is 0.940. The molecule has 0 atom stereocenters. The Bertz CT molecular complexity index is 568. The molecule has 6 heteroatoms. The van der Waals surface area contributed by atoms with Crippen molar-refractivity contribution in [2.45, 2.75) is 25.4 Å². The highest BCUT2D eigenvalue weighted by molar-refractivity contribution is 9.10. The van der Waals surface area contributed by atoms with Gasteiger partial charge in [0.25, 0.3) is 0 Å². The fourth-order valence-corrected chi connectivity index (χ4v) is 3.26. The minimum Gasteiger partial charge on any atom is -0.308 e. The highest BCUT2D eigenvalue weighted by Crippen LogP contribution is 2.32. The third-order valence-corrected chi connectivity index (χ3v) is 4.51. The van der Waals surface area contributed by atoms with Crippen molar-refractivity contribution in [2.24, 2.45) is 0 Å². The number of rotatable bonds is 4. The van der Waals surface area contributed by atoms with Crippen LogP contribution in [0.15, 0.2) is 22.7 Å². The summed E-state index contributed by atoms with van der Waals surface area (Å²) in [6, 6.07) is 6.49. The van der Waals surface area contributed by atoms with E-state index >= 15 is 0 Å². The first-order chi connectivity index (χ1) is 8.72. The van der Waals surface area contributed by atoms with Crippen molar-refractivity contribution in [1.82, 2.24) is 15.5 Å². The van der Waals surface area contributed by atoms with Crippen LogP contribution < -0.4 is 5.32 Å². The molecule has 0 saturated heterocycles. The molecule has 0 aliphatic heterocycles. The van der Waals surface area contributed by atoms with Crippen LogP contribution in [0.2, 0.25) is 5.02 Å². The van der Waals surface area contributed by atoms with Crippen molar-refractivity contribution in [3.8, 4) is 10.6 Å². The van der Waals surface area contributed by atoms with Gasteiger partial charge in [-0.2, -0.15) is 0 Å². The largest absolute Gasteiger partial charge is 0.308 e. The van der Waals surface area contributed by atoms with Gasteiger partial charge in [0.2, 0.25) is 0 Å². The Morgan fingerprint density at radius 1 is 1.39 bits per heavy atom. The van der Waals surface area contributed by atoms with Crippen LogP contribution in [0.4, 0.5) is 0 Å². The Kier molecular flexibility index (Phi) is 3.66. The lowest BCUT2D eigenvalue weighted by atomic mass is 10.2. The van der Waals surface area contributed by atoms with Crippen molar-refractivity contribution < 1.29 is 0 Å². The summed E-state index contributed by atoms with van der Waals surface area (Å²) in [6.07, 6.45) is 2.56. The summed E-state index contributed by atoms with van der Waals surface area (Å²) in [5.74, 6) is 0. The van der Waals surface area contributed by atoms with Gasteiger partial charge in [0.05, 0.1) is 5.02 Å². The van der Waals surface area contributed by atoms with Crippen molar-refractivity contribution >= 4 is 38.9 Å². The van der Waals surface area contributed by atoms with Crippen LogP contribution in [-0.2, 0) is 6.54 Å². The zero-order valence-corrected chi connectivity index (χ0v) is 12.6. The molecule has 0 spiro atoms. The first-order valence-electron chi connectivity index (χ1n) is 5.73. The maximum Gasteiger partial charge on any atom is 0.149 e. The molecule has 1 saturated carbocycles. The standard InChI is InChI=1S/C12H11BrClN3S/c13-7-1-4-9(10(14)5-7)12-17-16-11(18-12)6-15-8-2-3-8/h1,4-5,8,15H,2-3,6H2. The molecule has 94 valence electrons. The van der Waals surface area contributed by atoms with Crippen molar-refractivity contribution in [3.63, 3.8) is 0 Å². The zero-order valence-electron chi connectivity index (χ0n) is 9.49. The molecule has 1 N–H and O–H groups in total. The van der Waals surface area contributed by atoms with Gasteiger partial charge in [-0.15, -0.1) is 10.2 Å². The maximum absolute atomic E-state index is 6.20. The van der Waals surface area contributed by atoms with E-state index in [4.69, 9.17) is 11.6 Å². The number of hydrogen-bond acceptors (Lipinski definition) is 4. The SMILES string of the molecule is Clc1cc(Br)ccc1-c1nnc(CNC2CC2)s1. The molecule has 3 nitrogen and oxygen atoms in total. The number of aromatic nitrogens is 2. The van der Waals surface area contributed by atoms with E-state index < -0.39 is 0 Å². The van der Waals surface area contributed by atoms with E-state index in [1.807, 2.05) is 18.2 Å². The Balaban J connectivity index is 1.78. The highest BCUT2D eigenvalue weighted by Gasteiger charge is 2.21. The van der Waals surface area contributed by atoms with Gasteiger partial charge in [0.1, 0.15) is 10.0 Å². The molecule has 0 bridgehead atoms. The van der Waals surface area contributed by atoms with Crippen LogP contribution in [0.25, 0.3) is 10.6 Å². The Hall–Kier alpha value is -0.490. The van der Waals surface area contributed by atoms with Crippen LogP contribution in [0.3, 0.4) is 0 Å². The third-order valence-electron chi connectivity index (χ3n) is 2.75. The Labute approximate surface area is 123 Å². The topological polar surface area (TPSA) is 37.8 Å². The van der Waals surface area contributed by atoms with Crippen LogP contribution in [0.5, 0.6) is 0 Å². The lowest BCUT2D eigenvalue weighted by Gasteiger charge is -1.99. The monoisotopic (exact) mass is 343 g/mol. The van der Waals surface area contributed by atoms with E-state index in [-0.39, 0.29) is 0 Å². The van der Waals surface area contributed by atoms with Gasteiger partial charge in [-0.05, 0) is 31.0 Å². The molecule has 0 radical (unpaired) electrons. The second-order valence-electron chi connectivity index (χ2n) is 4.28. The molecule has 3 rings (SSSR count). The molecule has 1 aliphatic carbocycles. The van der Waals surface area contributed by atoms with Crippen LogP contribution >= 0.6 is 38.9 Å². The second-order valence-corrected chi connectivity index (χ2v) is 6.67. The fourth-order valence-electron chi connectivity index (χ4n) is 1.62. The number of nitrogens with zero attached hydrogens (tertiary/aromatic N) is 2. The van der Waals surface area contributed by atoms with E-state index in [9.17, 15) is 0 Å². The smallest absolute Gasteiger partial charge is 0.149 e. The first-order valence-corrected chi connectivity index (χ1v) is 7.72. The van der Waals surface area contributed by atoms with Gasteiger partial charge in [-0.25, -0.2) is 0 Å². The molecule has 1 aliphatic rings. The fraction of sp³-hybridized carbons (Fsp3) is 0.333. The summed E-state index contributed by atoms with van der Waals surface area (Å²) in [5, 5.41) is 14.4. The normalized spacial score (nSPS) is 15.0. The minimum atomic E-state index is 0.689. The van der Waals surface area contributed by atoms with Crippen molar-refractivity contribution in [1.29, 1.82) is 0 Å². The molecule has 0 unspecified atom stereocenters. The molecular weight excluding hydrogens is 334 g/mol. The lowest BCUT2D eigenvalue weighted by molar-refractivity contribution is 0.679. The predicted octanol–water partition coefficient (Wildman–Crippen LogP) is 3.87. The van der Waals surface area contributed by atoms with Gasteiger partial charge in [0, 0.05) is 22.6 Å². The summed E-state index contributed by atoms with van der Waals surface area (Å²) >= 11 is 11.2. The van der Waals surface area contributed by atoms with Crippen molar-refractivity contribution in [2.75, 3.05) is 0 Å². The molecule has 1 aromatic heterocycles. The maximum atomic E-state index is 6.20. The number of hydrogen-bond donors (Lipinski definition) is 1. The number of nitrogens with one attached hydrogen (secondary N) is 1. The number of benzene rings is 1. The average Bonchev–Trinajstić information content (AvgIpc) is 3.05. The average molecular weight is 345 g/mol. The van der Waals surface area contributed by atoms with E-state index in [2.05, 4.69) is 31.4 Å². The van der Waals surface area contributed by atoms with Gasteiger partial charge >= 0.3 is 0 Å². The van der Waals surface area contributed by atoms with Crippen molar-refractivity contribution in [3.05, 3.63) is 32.7 Å². The Morgan fingerprint density at radius 3 is 2.94 bits per heavy atom. The van der Waals surface area contributed by atoms with Gasteiger partial charge in [-0.3, -0.25) is 0 Å². The molecule has 0 amide bonds. The predicted molar refractivity (Wildman–Crippen MR) is 77.9 cm³/mol. The molecule has 2 aromatic rings. The minimum absolute atomic E-state index is 0.689. The summed E-state index contributed by atoms with van der Waals surface area (Å²) < 4.78 is 0.969.